The van der Waals surface area contributed by atoms with E-state index in [1.165, 1.54) is 0 Å². The molecule has 0 fully saturated rings. The number of ketones is 1. The van der Waals surface area contributed by atoms with Crippen LogP contribution in [0, 0.1) is 0 Å². The topological polar surface area (TPSA) is 47.8 Å². The van der Waals surface area contributed by atoms with Crippen molar-refractivity contribution in [2.45, 2.75) is 0 Å². The van der Waals surface area contributed by atoms with E-state index in [0.717, 1.165) is 11.1 Å². The molecule has 3 aromatic rings. The zero-order chi connectivity index (χ0) is 13.9. The van der Waals surface area contributed by atoms with Crippen LogP contribution in [0.15, 0.2) is 61.1 Å². The van der Waals surface area contributed by atoms with E-state index in [4.69, 9.17) is 0 Å². The molecule has 0 radical (unpaired) electrons. The standard InChI is InChI=1S/C16H13N3O/c1-19-11-14(12-7-9-17-10-8-12)15(18-19)16(20)13-5-3-2-4-6-13/h2-11H,1H3. The average molecular weight is 263 g/mol. The molecule has 4 heteroatoms. The van der Waals surface area contributed by atoms with Gasteiger partial charge in [-0.3, -0.25) is 14.5 Å². The van der Waals surface area contributed by atoms with E-state index in [2.05, 4.69) is 10.1 Å². The molecule has 0 unspecified atom stereocenters. The van der Waals surface area contributed by atoms with Crippen molar-refractivity contribution < 1.29 is 4.79 Å². The van der Waals surface area contributed by atoms with Crippen molar-refractivity contribution in [1.82, 2.24) is 14.8 Å². The summed E-state index contributed by atoms with van der Waals surface area (Å²) >= 11 is 0. The van der Waals surface area contributed by atoms with E-state index in [1.54, 1.807) is 29.2 Å². The van der Waals surface area contributed by atoms with Crippen LogP contribution in [-0.2, 0) is 7.05 Å². The van der Waals surface area contributed by atoms with E-state index in [0.29, 0.717) is 11.3 Å². The molecule has 0 aliphatic heterocycles. The van der Waals surface area contributed by atoms with E-state index in [9.17, 15) is 4.79 Å². The first-order valence-electron chi connectivity index (χ1n) is 6.29. The lowest BCUT2D eigenvalue weighted by Crippen LogP contribution is -2.04. The number of benzene rings is 1. The fourth-order valence-corrected chi connectivity index (χ4v) is 2.13. The maximum Gasteiger partial charge on any atom is 0.213 e. The number of aryl methyl sites for hydroxylation is 1. The number of hydrogen-bond acceptors (Lipinski definition) is 3. The Morgan fingerprint density at radius 2 is 1.75 bits per heavy atom. The number of carbonyl (C=O) groups excluding carboxylic acids is 1. The molecule has 3 rings (SSSR count). The summed E-state index contributed by atoms with van der Waals surface area (Å²) in [6.07, 6.45) is 5.27. The molecule has 0 N–H and O–H groups in total. The Balaban J connectivity index is 2.09. The van der Waals surface area contributed by atoms with Crippen LogP contribution in [0.2, 0.25) is 0 Å². The van der Waals surface area contributed by atoms with Crippen LogP contribution in [0.3, 0.4) is 0 Å². The maximum atomic E-state index is 12.6. The van der Waals surface area contributed by atoms with Crippen molar-refractivity contribution in [3.8, 4) is 11.1 Å². The SMILES string of the molecule is Cn1cc(-c2ccncc2)c(C(=O)c2ccccc2)n1. The number of aromatic nitrogens is 3. The van der Waals surface area contributed by atoms with E-state index >= 15 is 0 Å². The highest BCUT2D eigenvalue weighted by atomic mass is 16.1. The number of hydrogen-bond donors (Lipinski definition) is 0. The minimum Gasteiger partial charge on any atom is -0.287 e. The summed E-state index contributed by atoms with van der Waals surface area (Å²) < 4.78 is 1.66. The van der Waals surface area contributed by atoms with Gasteiger partial charge in [0.1, 0.15) is 5.69 Å². The van der Waals surface area contributed by atoms with Crippen molar-refractivity contribution in [2.75, 3.05) is 0 Å². The van der Waals surface area contributed by atoms with Gasteiger partial charge in [-0.1, -0.05) is 30.3 Å². The number of rotatable bonds is 3. The molecule has 2 aromatic heterocycles. The third-order valence-electron chi connectivity index (χ3n) is 3.07. The molecule has 98 valence electrons. The number of carbonyl (C=O) groups is 1. The van der Waals surface area contributed by atoms with Crippen molar-refractivity contribution >= 4 is 5.78 Å². The molecule has 0 aliphatic rings. The lowest BCUT2D eigenvalue weighted by atomic mass is 10.0. The van der Waals surface area contributed by atoms with Crippen LogP contribution in [0.4, 0.5) is 0 Å². The third-order valence-corrected chi connectivity index (χ3v) is 3.07. The molecule has 0 spiro atoms. The Hall–Kier alpha value is -2.75. The van der Waals surface area contributed by atoms with E-state index in [-0.39, 0.29) is 5.78 Å². The van der Waals surface area contributed by atoms with E-state index in [1.807, 2.05) is 43.6 Å². The van der Waals surface area contributed by atoms with Gasteiger partial charge >= 0.3 is 0 Å². The molecular formula is C16H13N3O. The quantitative estimate of drug-likeness (QED) is 0.683. The first-order valence-corrected chi connectivity index (χ1v) is 6.29. The molecule has 0 saturated carbocycles. The highest BCUT2D eigenvalue weighted by Crippen LogP contribution is 2.24. The molecular weight excluding hydrogens is 250 g/mol. The van der Waals surface area contributed by atoms with Crippen LogP contribution in [0.25, 0.3) is 11.1 Å². The summed E-state index contributed by atoms with van der Waals surface area (Å²) in [5.41, 5.74) is 2.86. The van der Waals surface area contributed by atoms with Crippen LogP contribution in [0.1, 0.15) is 16.1 Å². The van der Waals surface area contributed by atoms with Crippen molar-refractivity contribution in [2.24, 2.45) is 7.05 Å². The van der Waals surface area contributed by atoms with Gasteiger partial charge in [-0.2, -0.15) is 5.10 Å². The Kier molecular flexibility index (Phi) is 3.13. The highest BCUT2D eigenvalue weighted by molar-refractivity contribution is 6.11. The Labute approximate surface area is 116 Å². The Morgan fingerprint density at radius 1 is 1.05 bits per heavy atom. The summed E-state index contributed by atoms with van der Waals surface area (Å²) in [5.74, 6) is -0.0713. The molecule has 1 aromatic carbocycles. The maximum absolute atomic E-state index is 12.6. The molecule has 0 aliphatic carbocycles. The fraction of sp³-hybridized carbons (Fsp3) is 0.0625. The van der Waals surface area contributed by atoms with Crippen LogP contribution >= 0.6 is 0 Å². The third kappa shape index (κ3) is 2.23. The van der Waals surface area contributed by atoms with Gasteiger partial charge in [0.15, 0.2) is 0 Å². The first kappa shape index (κ1) is 12.3. The van der Waals surface area contributed by atoms with Gasteiger partial charge in [0, 0.05) is 36.8 Å². The van der Waals surface area contributed by atoms with Gasteiger partial charge in [-0.15, -0.1) is 0 Å². The Bertz CT molecular complexity index is 733. The minimum absolute atomic E-state index is 0.0713. The number of pyridine rings is 1. The normalized spacial score (nSPS) is 10.4. The lowest BCUT2D eigenvalue weighted by Gasteiger charge is -2.01. The molecule has 0 saturated heterocycles. The summed E-state index contributed by atoms with van der Waals surface area (Å²) in [6.45, 7) is 0. The van der Waals surface area contributed by atoms with E-state index < -0.39 is 0 Å². The second-order valence-electron chi connectivity index (χ2n) is 4.50. The second kappa shape index (κ2) is 5.09. The first-order chi connectivity index (χ1) is 9.75. The molecule has 2 heterocycles. The van der Waals surface area contributed by atoms with Crippen molar-refractivity contribution in [1.29, 1.82) is 0 Å². The van der Waals surface area contributed by atoms with Gasteiger partial charge in [-0.05, 0) is 17.7 Å². The minimum atomic E-state index is -0.0713. The summed E-state index contributed by atoms with van der Waals surface area (Å²) in [5, 5.41) is 4.31. The summed E-state index contributed by atoms with van der Waals surface area (Å²) in [4.78, 5) is 16.6. The fourth-order valence-electron chi connectivity index (χ4n) is 2.13. The van der Waals surface area contributed by atoms with Gasteiger partial charge in [0.05, 0.1) is 0 Å². The van der Waals surface area contributed by atoms with Gasteiger partial charge < -0.3 is 0 Å². The molecule has 4 nitrogen and oxygen atoms in total. The lowest BCUT2D eigenvalue weighted by molar-refractivity contribution is 0.103. The zero-order valence-corrected chi connectivity index (χ0v) is 11.0. The molecule has 0 atom stereocenters. The Morgan fingerprint density at radius 3 is 2.45 bits per heavy atom. The molecule has 0 bridgehead atoms. The van der Waals surface area contributed by atoms with Crippen LogP contribution in [-0.4, -0.2) is 20.5 Å². The van der Waals surface area contributed by atoms with Gasteiger partial charge in [-0.25, -0.2) is 0 Å². The predicted octanol–water partition coefficient (Wildman–Crippen LogP) is 2.71. The molecule has 20 heavy (non-hydrogen) atoms. The predicted molar refractivity (Wildman–Crippen MR) is 76.3 cm³/mol. The average Bonchev–Trinajstić information content (AvgIpc) is 2.90. The van der Waals surface area contributed by atoms with Crippen molar-refractivity contribution in [3.05, 3.63) is 72.3 Å². The zero-order valence-electron chi connectivity index (χ0n) is 11.0. The second-order valence-corrected chi connectivity index (χ2v) is 4.50. The summed E-state index contributed by atoms with van der Waals surface area (Å²) in [6, 6.07) is 12.9. The van der Waals surface area contributed by atoms with Gasteiger partial charge in [0.25, 0.3) is 0 Å². The summed E-state index contributed by atoms with van der Waals surface area (Å²) in [7, 11) is 1.81. The van der Waals surface area contributed by atoms with Crippen LogP contribution < -0.4 is 0 Å². The highest BCUT2D eigenvalue weighted by Gasteiger charge is 2.18. The monoisotopic (exact) mass is 263 g/mol. The molecule has 0 amide bonds. The van der Waals surface area contributed by atoms with Gasteiger partial charge in [0.2, 0.25) is 5.78 Å². The van der Waals surface area contributed by atoms with Crippen LogP contribution in [0.5, 0.6) is 0 Å². The smallest absolute Gasteiger partial charge is 0.213 e. The largest absolute Gasteiger partial charge is 0.287 e. The van der Waals surface area contributed by atoms with Crippen molar-refractivity contribution in [3.63, 3.8) is 0 Å². The number of nitrogens with zero attached hydrogens (tertiary/aromatic N) is 3.